The Balaban J connectivity index is 2.44. The summed E-state index contributed by atoms with van der Waals surface area (Å²) in [7, 11) is 0. The fourth-order valence-corrected chi connectivity index (χ4v) is 1.72. The number of hydrogen-bond donors (Lipinski definition) is 1. The van der Waals surface area contributed by atoms with Gasteiger partial charge in [-0.25, -0.2) is 14.4 Å². The Bertz CT molecular complexity index is 678. The van der Waals surface area contributed by atoms with Crippen molar-refractivity contribution in [2.24, 2.45) is 0 Å². The highest BCUT2D eigenvalue weighted by Gasteiger charge is 2.22. The molecule has 7 nitrogen and oxygen atoms in total. The molecule has 2 aromatic rings. The molecule has 0 aliphatic carbocycles. The molecule has 0 atom stereocenters. The topological polar surface area (TPSA) is 90.2 Å². The van der Waals surface area contributed by atoms with Gasteiger partial charge in [0, 0.05) is 12.6 Å². The van der Waals surface area contributed by atoms with E-state index in [-0.39, 0.29) is 5.88 Å². The van der Waals surface area contributed by atoms with E-state index in [1.54, 1.807) is 6.92 Å². The van der Waals surface area contributed by atoms with Gasteiger partial charge in [-0.05, 0) is 19.9 Å². The van der Waals surface area contributed by atoms with Gasteiger partial charge in [-0.1, -0.05) is 6.07 Å². The predicted octanol–water partition coefficient (Wildman–Crippen LogP) is 3.06. The van der Waals surface area contributed by atoms with E-state index in [0.717, 1.165) is 6.07 Å². The van der Waals surface area contributed by atoms with Crippen molar-refractivity contribution in [3.63, 3.8) is 0 Å². The maximum Gasteiger partial charge on any atom is 0.314 e. The Labute approximate surface area is 120 Å². The summed E-state index contributed by atoms with van der Waals surface area (Å²) in [5.41, 5.74) is 0.0786. The molecular formula is C13H13FN4O3. The van der Waals surface area contributed by atoms with Crippen molar-refractivity contribution in [2.75, 3.05) is 11.9 Å². The van der Waals surface area contributed by atoms with Gasteiger partial charge in [-0.2, -0.15) is 0 Å². The summed E-state index contributed by atoms with van der Waals surface area (Å²) in [5, 5.41) is 13.9. The molecule has 0 saturated carbocycles. The Kier molecular flexibility index (Phi) is 4.27. The average molecular weight is 292 g/mol. The largest absolute Gasteiger partial charge is 0.428 e. The summed E-state index contributed by atoms with van der Waals surface area (Å²) in [5.74, 6) is -0.699. The molecule has 0 fully saturated rings. The highest BCUT2D eigenvalue weighted by atomic mass is 19.1. The Hall–Kier alpha value is -2.77. The Morgan fingerprint density at radius 3 is 2.86 bits per heavy atom. The van der Waals surface area contributed by atoms with Gasteiger partial charge in [0.2, 0.25) is 11.6 Å². The van der Waals surface area contributed by atoms with Crippen molar-refractivity contribution in [3.8, 4) is 11.6 Å². The fraction of sp³-hybridized carbons (Fsp3) is 0.231. The van der Waals surface area contributed by atoms with Crippen molar-refractivity contribution in [1.82, 2.24) is 9.97 Å². The molecule has 110 valence electrons. The standard InChI is InChI=1S/C13H13FN4O3/c1-3-15-12-8(2)13(17-7-16-12)21-11-9(14)5-4-6-10(11)18(19)20/h4-7H,3H2,1-2H3,(H,15,16,17). The minimum absolute atomic E-state index is 0.0640. The van der Waals surface area contributed by atoms with Gasteiger partial charge in [-0.3, -0.25) is 10.1 Å². The van der Waals surface area contributed by atoms with Gasteiger partial charge in [-0.15, -0.1) is 0 Å². The first kappa shape index (κ1) is 14.6. The zero-order valence-corrected chi connectivity index (χ0v) is 11.5. The molecule has 1 heterocycles. The van der Waals surface area contributed by atoms with Crippen LogP contribution in [-0.2, 0) is 0 Å². The van der Waals surface area contributed by atoms with Crippen LogP contribution in [-0.4, -0.2) is 21.4 Å². The molecule has 21 heavy (non-hydrogen) atoms. The summed E-state index contributed by atoms with van der Waals surface area (Å²) in [6, 6.07) is 3.50. The highest BCUT2D eigenvalue weighted by Crippen LogP contribution is 2.34. The van der Waals surface area contributed by atoms with E-state index in [9.17, 15) is 14.5 Å². The second-order valence-corrected chi connectivity index (χ2v) is 4.13. The maximum absolute atomic E-state index is 13.8. The molecule has 1 N–H and O–H groups in total. The predicted molar refractivity (Wildman–Crippen MR) is 74.1 cm³/mol. The van der Waals surface area contributed by atoms with E-state index in [1.165, 1.54) is 18.5 Å². The number of aromatic nitrogens is 2. The SMILES string of the molecule is CCNc1ncnc(Oc2c(F)cccc2[N+](=O)[O-])c1C. The fourth-order valence-electron chi connectivity index (χ4n) is 1.72. The van der Waals surface area contributed by atoms with E-state index in [0.29, 0.717) is 17.9 Å². The first-order valence-electron chi connectivity index (χ1n) is 6.20. The lowest BCUT2D eigenvalue weighted by molar-refractivity contribution is -0.385. The summed E-state index contributed by atoms with van der Waals surface area (Å²) in [6.07, 6.45) is 1.24. The third kappa shape index (κ3) is 3.04. The number of halogens is 1. The number of nitro benzene ring substituents is 1. The molecule has 0 spiro atoms. The van der Waals surface area contributed by atoms with E-state index >= 15 is 0 Å². The molecule has 0 bridgehead atoms. The number of para-hydroxylation sites is 1. The lowest BCUT2D eigenvalue weighted by Crippen LogP contribution is -2.05. The van der Waals surface area contributed by atoms with Crippen LogP contribution in [0, 0.1) is 22.9 Å². The second kappa shape index (κ2) is 6.12. The van der Waals surface area contributed by atoms with Gasteiger partial charge in [0.1, 0.15) is 12.1 Å². The third-order valence-corrected chi connectivity index (χ3v) is 2.72. The number of rotatable bonds is 5. The normalized spacial score (nSPS) is 10.2. The number of benzene rings is 1. The summed E-state index contributed by atoms with van der Waals surface area (Å²) >= 11 is 0. The number of ether oxygens (including phenoxy) is 1. The summed E-state index contributed by atoms with van der Waals surface area (Å²) in [4.78, 5) is 18.1. The number of nitrogens with one attached hydrogen (secondary N) is 1. The maximum atomic E-state index is 13.8. The van der Waals surface area contributed by atoms with Gasteiger partial charge in [0.15, 0.2) is 5.82 Å². The molecule has 0 amide bonds. The van der Waals surface area contributed by atoms with Crippen molar-refractivity contribution in [3.05, 3.63) is 46.0 Å². The molecular weight excluding hydrogens is 279 g/mol. The summed E-state index contributed by atoms with van der Waals surface area (Å²) < 4.78 is 19.1. The Morgan fingerprint density at radius 2 is 2.19 bits per heavy atom. The van der Waals surface area contributed by atoms with Crippen molar-refractivity contribution in [2.45, 2.75) is 13.8 Å². The molecule has 0 aliphatic rings. The van der Waals surface area contributed by atoms with Crippen LogP contribution in [0.15, 0.2) is 24.5 Å². The minimum Gasteiger partial charge on any atom is -0.428 e. The van der Waals surface area contributed by atoms with E-state index in [2.05, 4.69) is 15.3 Å². The van der Waals surface area contributed by atoms with Crippen LogP contribution in [0.5, 0.6) is 11.6 Å². The smallest absolute Gasteiger partial charge is 0.314 e. The molecule has 0 radical (unpaired) electrons. The van der Waals surface area contributed by atoms with Gasteiger partial charge >= 0.3 is 5.69 Å². The van der Waals surface area contributed by atoms with E-state index in [1.807, 2.05) is 6.92 Å². The van der Waals surface area contributed by atoms with Crippen molar-refractivity contribution >= 4 is 11.5 Å². The number of anilines is 1. The van der Waals surface area contributed by atoms with Crippen molar-refractivity contribution < 1.29 is 14.1 Å². The third-order valence-electron chi connectivity index (χ3n) is 2.72. The van der Waals surface area contributed by atoms with Crippen LogP contribution in [0.4, 0.5) is 15.9 Å². The van der Waals surface area contributed by atoms with Gasteiger partial charge < -0.3 is 10.1 Å². The lowest BCUT2D eigenvalue weighted by Gasteiger charge is -2.11. The molecule has 1 aromatic heterocycles. The second-order valence-electron chi connectivity index (χ2n) is 4.13. The van der Waals surface area contributed by atoms with E-state index in [4.69, 9.17) is 4.74 Å². The van der Waals surface area contributed by atoms with Crippen LogP contribution >= 0.6 is 0 Å². The van der Waals surface area contributed by atoms with Crippen LogP contribution in [0.1, 0.15) is 12.5 Å². The van der Waals surface area contributed by atoms with Crippen LogP contribution in [0.2, 0.25) is 0 Å². The number of nitro groups is 1. The first-order valence-corrected chi connectivity index (χ1v) is 6.20. The molecule has 1 aromatic carbocycles. The van der Waals surface area contributed by atoms with Gasteiger partial charge in [0.05, 0.1) is 10.5 Å². The van der Waals surface area contributed by atoms with Crippen LogP contribution in [0.3, 0.4) is 0 Å². The molecule has 0 aliphatic heterocycles. The molecule has 2 rings (SSSR count). The zero-order chi connectivity index (χ0) is 15.4. The van der Waals surface area contributed by atoms with Crippen LogP contribution in [0.25, 0.3) is 0 Å². The number of nitrogens with zero attached hydrogens (tertiary/aromatic N) is 3. The van der Waals surface area contributed by atoms with Gasteiger partial charge in [0.25, 0.3) is 0 Å². The van der Waals surface area contributed by atoms with Crippen LogP contribution < -0.4 is 10.1 Å². The zero-order valence-electron chi connectivity index (χ0n) is 11.5. The van der Waals surface area contributed by atoms with E-state index < -0.39 is 22.2 Å². The molecule has 0 saturated heterocycles. The molecule has 8 heteroatoms. The first-order chi connectivity index (χ1) is 10.0. The molecule has 0 unspecified atom stereocenters. The highest BCUT2D eigenvalue weighted by molar-refractivity contribution is 5.52. The van der Waals surface area contributed by atoms with Crippen molar-refractivity contribution in [1.29, 1.82) is 0 Å². The summed E-state index contributed by atoms with van der Waals surface area (Å²) in [6.45, 7) is 4.21. The minimum atomic E-state index is -0.827. The number of hydrogen-bond acceptors (Lipinski definition) is 6. The Morgan fingerprint density at radius 1 is 1.43 bits per heavy atom. The quantitative estimate of drug-likeness (QED) is 0.672. The lowest BCUT2D eigenvalue weighted by atomic mass is 10.3. The average Bonchev–Trinajstić information content (AvgIpc) is 2.45. The monoisotopic (exact) mass is 292 g/mol.